The summed E-state index contributed by atoms with van der Waals surface area (Å²) in [7, 11) is 0. The van der Waals surface area contributed by atoms with Crippen LogP contribution in [0.2, 0.25) is 0 Å². The van der Waals surface area contributed by atoms with Gasteiger partial charge in [-0.15, -0.1) is 0 Å². The maximum atomic E-state index is 5.64. The van der Waals surface area contributed by atoms with Gasteiger partial charge >= 0.3 is 0 Å². The van der Waals surface area contributed by atoms with E-state index in [1.807, 2.05) is 0 Å². The highest BCUT2D eigenvalue weighted by Gasteiger charge is 2.24. The van der Waals surface area contributed by atoms with Crippen molar-refractivity contribution >= 4 is 0 Å². The first kappa shape index (κ1) is 7.03. The summed E-state index contributed by atoms with van der Waals surface area (Å²) in [5.41, 5.74) is 5.64. The van der Waals surface area contributed by atoms with Gasteiger partial charge in [-0.05, 0) is 12.3 Å². The van der Waals surface area contributed by atoms with Crippen molar-refractivity contribution < 1.29 is 4.74 Å². The van der Waals surface area contributed by atoms with E-state index in [2.05, 4.69) is 13.8 Å². The molecule has 1 rings (SSSR count). The number of nitrogens with two attached hydrogens (primary N) is 1. The lowest BCUT2D eigenvalue weighted by atomic mass is 10.0. The lowest BCUT2D eigenvalue weighted by Gasteiger charge is -2.11. The Morgan fingerprint density at radius 1 is 1.56 bits per heavy atom. The van der Waals surface area contributed by atoms with Gasteiger partial charge in [-0.1, -0.05) is 13.8 Å². The van der Waals surface area contributed by atoms with Crippen LogP contribution in [0.4, 0.5) is 0 Å². The van der Waals surface area contributed by atoms with Crippen LogP contribution in [0.25, 0.3) is 0 Å². The van der Waals surface area contributed by atoms with Gasteiger partial charge in [0, 0.05) is 6.04 Å². The highest BCUT2D eigenvalue weighted by molar-refractivity contribution is 4.77. The van der Waals surface area contributed by atoms with E-state index >= 15 is 0 Å². The minimum Gasteiger partial charge on any atom is -0.376 e. The van der Waals surface area contributed by atoms with Crippen molar-refractivity contribution in [3.63, 3.8) is 0 Å². The van der Waals surface area contributed by atoms with Gasteiger partial charge in [-0.2, -0.15) is 0 Å². The molecule has 0 aromatic carbocycles. The highest BCUT2D eigenvalue weighted by atomic mass is 16.5. The molecule has 2 N–H and O–H groups in total. The summed E-state index contributed by atoms with van der Waals surface area (Å²) in [6, 6.07) is 0.289. The van der Waals surface area contributed by atoms with Crippen molar-refractivity contribution in [2.45, 2.75) is 32.4 Å². The third-order valence-electron chi connectivity index (χ3n) is 1.80. The largest absolute Gasteiger partial charge is 0.376 e. The first-order valence-electron chi connectivity index (χ1n) is 3.57. The van der Waals surface area contributed by atoms with E-state index in [4.69, 9.17) is 10.5 Å². The first-order valence-corrected chi connectivity index (χ1v) is 3.57. The average Bonchev–Trinajstić information content (AvgIpc) is 2.14. The van der Waals surface area contributed by atoms with Crippen LogP contribution >= 0.6 is 0 Å². The van der Waals surface area contributed by atoms with Crippen LogP contribution in [-0.2, 0) is 4.74 Å². The van der Waals surface area contributed by atoms with Gasteiger partial charge in [0.2, 0.25) is 0 Å². The second-order valence-electron chi connectivity index (χ2n) is 3.11. The molecule has 1 fully saturated rings. The standard InChI is InChI=1S/C7H15NO/c1-5(2)7-3-6(8)4-9-7/h5-7H,3-4,8H2,1-2H3. The molecule has 54 valence electrons. The molecule has 0 bridgehead atoms. The van der Waals surface area contributed by atoms with Gasteiger partial charge in [0.25, 0.3) is 0 Å². The van der Waals surface area contributed by atoms with Crippen molar-refractivity contribution in [2.75, 3.05) is 6.61 Å². The maximum absolute atomic E-state index is 5.64. The zero-order valence-corrected chi connectivity index (χ0v) is 6.13. The fraction of sp³-hybridized carbons (Fsp3) is 1.00. The van der Waals surface area contributed by atoms with Crippen LogP contribution in [0.1, 0.15) is 20.3 Å². The molecule has 1 saturated heterocycles. The molecule has 1 aliphatic rings. The van der Waals surface area contributed by atoms with Crippen molar-refractivity contribution in [1.29, 1.82) is 0 Å². The Kier molecular flexibility index (Phi) is 2.09. The van der Waals surface area contributed by atoms with Crippen molar-refractivity contribution in [3.8, 4) is 0 Å². The third-order valence-corrected chi connectivity index (χ3v) is 1.80. The Balaban J connectivity index is 2.30. The van der Waals surface area contributed by atoms with E-state index in [0.717, 1.165) is 13.0 Å². The van der Waals surface area contributed by atoms with Crippen LogP contribution in [-0.4, -0.2) is 18.8 Å². The topological polar surface area (TPSA) is 35.2 Å². The quantitative estimate of drug-likeness (QED) is 0.567. The molecule has 1 aliphatic heterocycles. The molecule has 1 heterocycles. The molecule has 0 amide bonds. The van der Waals surface area contributed by atoms with Crippen molar-refractivity contribution in [2.24, 2.45) is 11.7 Å². The van der Waals surface area contributed by atoms with Crippen molar-refractivity contribution in [3.05, 3.63) is 0 Å². The maximum Gasteiger partial charge on any atom is 0.0622 e. The summed E-state index contributed by atoms with van der Waals surface area (Å²) >= 11 is 0. The summed E-state index contributed by atoms with van der Waals surface area (Å²) < 4.78 is 5.40. The zero-order chi connectivity index (χ0) is 6.85. The summed E-state index contributed by atoms with van der Waals surface area (Å²) in [5, 5.41) is 0. The number of hydrogen-bond donors (Lipinski definition) is 1. The van der Waals surface area contributed by atoms with E-state index in [0.29, 0.717) is 12.0 Å². The van der Waals surface area contributed by atoms with Gasteiger partial charge in [0.05, 0.1) is 12.7 Å². The molecule has 2 atom stereocenters. The van der Waals surface area contributed by atoms with Gasteiger partial charge in [-0.25, -0.2) is 0 Å². The molecule has 0 saturated carbocycles. The average molecular weight is 129 g/mol. The molecular weight excluding hydrogens is 114 g/mol. The fourth-order valence-corrected chi connectivity index (χ4v) is 1.15. The van der Waals surface area contributed by atoms with E-state index in [-0.39, 0.29) is 6.04 Å². The summed E-state index contributed by atoms with van der Waals surface area (Å²) in [5.74, 6) is 0.624. The third kappa shape index (κ3) is 1.66. The minimum absolute atomic E-state index is 0.289. The van der Waals surface area contributed by atoms with Gasteiger partial charge in [0.1, 0.15) is 0 Å². The molecule has 2 heteroatoms. The Morgan fingerprint density at radius 2 is 2.22 bits per heavy atom. The van der Waals surface area contributed by atoms with Crippen LogP contribution in [0.15, 0.2) is 0 Å². The van der Waals surface area contributed by atoms with Crippen LogP contribution < -0.4 is 5.73 Å². The Morgan fingerprint density at radius 3 is 2.44 bits per heavy atom. The van der Waals surface area contributed by atoms with Crippen LogP contribution in [0.5, 0.6) is 0 Å². The molecule has 9 heavy (non-hydrogen) atoms. The second-order valence-corrected chi connectivity index (χ2v) is 3.11. The van der Waals surface area contributed by atoms with Gasteiger partial charge in [0.15, 0.2) is 0 Å². The van der Waals surface area contributed by atoms with Gasteiger partial charge in [-0.3, -0.25) is 0 Å². The molecule has 0 spiro atoms. The second kappa shape index (κ2) is 2.67. The molecule has 0 aromatic rings. The molecule has 0 radical (unpaired) electrons. The number of ether oxygens (including phenoxy) is 1. The van der Waals surface area contributed by atoms with Crippen LogP contribution in [0.3, 0.4) is 0 Å². The lowest BCUT2D eigenvalue weighted by molar-refractivity contribution is 0.0749. The minimum atomic E-state index is 0.289. The molecule has 2 unspecified atom stereocenters. The zero-order valence-electron chi connectivity index (χ0n) is 6.13. The Labute approximate surface area is 56.4 Å². The fourth-order valence-electron chi connectivity index (χ4n) is 1.15. The smallest absolute Gasteiger partial charge is 0.0622 e. The lowest BCUT2D eigenvalue weighted by Crippen LogP contribution is -2.20. The normalized spacial score (nSPS) is 36.0. The number of rotatable bonds is 1. The first-order chi connectivity index (χ1) is 4.20. The van der Waals surface area contributed by atoms with Crippen LogP contribution in [0, 0.1) is 5.92 Å². The summed E-state index contributed by atoms with van der Waals surface area (Å²) in [6.45, 7) is 5.09. The predicted octanol–water partition coefficient (Wildman–Crippen LogP) is 0.759. The van der Waals surface area contributed by atoms with Gasteiger partial charge < -0.3 is 10.5 Å². The Hall–Kier alpha value is -0.0800. The Bertz CT molecular complexity index is 92.9. The highest BCUT2D eigenvalue weighted by Crippen LogP contribution is 2.18. The number of hydrogen-bond acceptors (Lipinski definition) is 2. The summed E-state index contributed by atoms with van der Waals surface area (Å²) in [6.07, 6.45) is 1.46. The van der Waals surface area contributed by atoms with E-state index in [1.165, 1.54) is 0 Å². The van der Waals surface area contributed by atoms with E-state index < -0.39 is 0 Å². The predicted molar refractivity (Wildman–Crippen MR) is 37.2 cm³/mol. The molecule has 2 nitrogen and oxygen atoms in total. The summed E-state index contributed by atoms with van der Waals surface area (Å²) in [4.78, 5) is 0. The van der Waals surface area contributed by atoms with Crippen molar-refractivity contribution in [1.82, 2.24) is 0 Å². The SMILES string of the molecule is CC(C)C1CC(N)CO1. The van der Waals surface area contributed by atoms with E-state index in [1.54, 1.807) is 0 Å². The molecule has 0 aromatic heterocycles. The molecular formula is C7H15NO. The van der Waals surface area contributed by atoms with E-state index in [9.17, 15) is 0 Å². The monoisotopic (exact) mass is 129 g/mol. The molecule has 0 aliphatic carbocycles.